The summed E-state index contributed by atoms with van der Waals surface area (Å²) in [4.78, 5) is 2.09. The van der Waals surface area contributed by atoms with Gasteiger partial charge in [-0.05, 0) is 11.1 Å². The SMILES string of the molecule is S=C(S)N(Cc1ccccc1)Cc1ccccc1.[Cu]. The van der Waals surface area contributed by atoms with Gasteiger partial charge in [0.15, 0.2) is 0 Å². The summed E-state index contributed by atoms with van der Waals surface area (Å²) in [6, 6.07) is 20.6. The third-order valence-electron chi connectivity index (χ3n) is 2.70. The van der Waals surface area contributed by atoms with E-state index in [0.29, 0.717) is 4.32 Å². The molecule has 19 heavy (non-hydrogen) atoms. The largest absolute Gasteiger partial charge is 0.349 e. The summed E-state index contributed by atoms with van der Waals surface area (Å²) in [6.45, 7) is 1.58. The molecule has 0 aliphatic rings. The van der Waals surface area contributed by atoms with E-state index in [0.717, 1.165) is 13.1 Å². The number of thiol groups is 1. The van der Waals surface area contributed by atoms with E-state index in [-0.39, 0.29) is 17.1 Å². The van der Waals surface area contributed by atoms with Crippen molar-refractivity contribution in [2.45, 2.75) is 13.1 Å². The van der Waals surface area contributed by atoms with Gasteiger partial charge in [-0.15, -0.1) is 12.6 Å². The van der Waals surface area contributed by atoms with Crippen LogP contribution in [0.25, 0.3) is 0 Å². The van der Waals surface area contributed by atoms with Crippen LogP contribution < -0.4 is 0 Å². The molecule has 0 aliphatic carbocycles. The molecule has 2 aromatic carbocycles. The summed E-state index contributed by atoms with van der Waals surface area (Å²) >= 11 is 9.52. The fourth-order valence-electron chi connectivity index (χ4n) is 1.80. The van der Waals surface area contributed by atoms with Crippen molar-refractivity contribution in [3.05, 3.63) is 71.8 Å². The number of rotatable bonds is 4. The average Bonchev–Trinajstić information content (AvgIpc) is 2.40. The number of hydrogen-bond donors (Lipinski definition) is 1. The normalized spacial score (nSPS) is 9.53. The molecule has 0 unspecified atom stereocenters. The van der Waals surface area contributed by atoms with Gasteiger partial charge < -0.3 is 4.90 Å². The van der Waals surface area contributed by atoms with Gasteiger partial charge in [-0.25, -0.2) is 0 Å². The Morgan fingerprint density at radius 3 is 1.53 bits per heavy atom. The van der Waals surface area contributed by atoms with Gasteiger partial charge in [0.05, 0.1) is 0 Å². The number of benzene rings is 2. The Morgan fingerprint density at radius 1 is 0.842 bits per heavy atom. The van der Waals surface area contributed by atoms with E-state index in [1.165, 1.54) is 11.1 Å². The molecule has 0 spiro atoms. The Bertz CT molecular complexity index is 461. The van der Waals surface area contributed by atoms with Gasteiger partial charge in [-0.2, -0.15) is 0 Å². The van der Waals surface area contributed by atoms with Crippen LogP contribution in [-0.2, 0) is 30.2 Å². The first-order valence-corrected chi connectivity index (χ1v) is 6.67. The summed E-state index contributed by atoms with van der Waals surface area (Å²) < 4.78 is 0.628. The van der Waals surface area contributed by atoms with Gasteiger partial charge in [0, 0.05) is 30.2 Å². The van der Waals surface area contributed by atoms with Crippen LogP contribution in [0.1, 0.15) is 11.1 Å². The van der Waals surface area contributed by atoms with E-state index >= 15 is 0 Å². The van der Waals surface area contributed by atoms with Crippen LogP contribution >= 0.6 is 24.8 Å². The van der Waals surface area contributed by atoms with Crippen LogP contribution in [0.2, 0.25) is 0 Å². The number of hydrogen-bond acceptors (Lipinski definition) is 1. The second-order valence-electron chi connectivity index (χ2n) is 4.11. The second-order valence-corrected chi connectivity index (χ2v) is 5.22. The smallest absolute Gasteiger partial charge is 0.133 e. The van der Waals surface area contributed by atoms with Crippen molar-refractivity contribution in [1.82, 2.24) is 4.90 Å². The first-order valence-electron chi connectivity index (χ1n) is 5.81. The molecule has 4 heteroatoms. The van der Waals surface area contributed by atoms with Crippen LogP contribution in [0.3, 0.4) is 0 Å². The van der Waals surface area contributed by atoms with Gasteiger partial charge in [0.2, 0.25) is 0 Å². The van der Waals surface area contributed by atoms with Gasteiger partial charge >= 0.3 is 0 Å². The molecule has 0 bridgehead atoms. The van der Waals surface area contributed by atoms with Crippen LogP contribution in [0.4, 0.5) is 0 Å². The molecule has 1 radical (unpaired) electrons. The molecule has 1 nitrogen and oxygen atoms in total. The molecule has 2 aromatic rings. The van der Waals surface area contributed by atoms with E-state index in [2.05, 4.69) is 41.8 Å². The Balaban J connectivity index is 0.00000180. The van der Waals surface area contributed by atoms with Gasteiger partial charge in [-0.3, -0.25) is 0 Å². The minimum atomic E-state index is 0. The molecule has 0 saturated carbocycles. The minimum Gasteiger partial charge on any atom is -0.349 e. The second kappa shape index (κ2) is 8.39. The van der Waals surface area contributed by atoms with E-state index < -0.39 is 0 Å². The summed E-state index contributed by atoms with van der Waals surface area (Å²) in [5.41, 5.74) is 2.48. The molecule has 0 amide bonds. The molecular formula is C15H15CuNS2. The quantitative estimate of drug-likeness (QED) is 0.512. The number of thiocarbonyl (C=S) groups is 1. The molecule has 103 valence electrons. The molecular weight excluding hydrogens is 322 g/mol. The maximum atomic E-state index is 5.21. The molecule has 0 heterocycles. The Kier molecular flexibility index (Phi) is 7.17. The zero-order valence-electron chi connectivity index (χ0n) is 10.3. The van der Waals surface area contributed by atoms with Gasteiger partial charge in [0.1, 0.15) is 4.32 Å². The Morgan fingerprint density at radius 2 is 1.21 bits per heavy atom. The predicted molar refractivity (Wildman–Crippen MR) is 83.7 cm³/mol. The zero-order valence-corrected chi connectivity index (χ0v) is 12.9. The molecule has 0 atom stereocenters. The third kappa shape index (κ3) is 5.37. The Hall–Kier alpha value is -0.801. The molecule has 0 saturated heterocycles. The van der Waals surface area contributed by atoms with E-state index in [1.807, 2.05) is 36.4 Å². The van der Waals surface area contributed by atoms with E-state index in [9.17, 15) is 0 Å². The summed E-state index contributed by atoms with van der Waals surface area (Å²) in [5, 5.41) is 0. The van der Waals surface area contributed by atoms with Crippen molar-refractivity contribution in [2.75, 3.05) is 0 Å². The van der Waals surface area contributed by atoms with Crippen LogP contribution in [0.15, 0.2) is 60.7 Å². The van der Waals surface area contributed by atoms with Gasteiger partial charge in [0.25, 0.3) is 0 Å². The molecule has 0 aromatic heterocycles. The first kappa shape index (κ1) is 16.3. The molecule has 0 N–H and O–H groups in total. The number of nitrogens with zero attached hydrogens (tertiary/aromatic N) is 1. The Labute approximate surface area is 135 Å². The van der Waals surface area contributed by atoms with Crippen molar-refractivity contribution in [3.8, 4) is 0 Å². The summed E-state index contributed by atoms with van der Waals surface area (Å²) in [5.74, 6) is 0. The van der Waals surface area contributed by atoms with Gasteiger partial charge in [-0.1, -0.05) is 72.9 Å². The standard InChI is InChI=1S/C15H15NS2.Cu/c17-15(18)16(11-13-7-3-1-4-8-13)12-14-9-5-2-6-10-14;/h1-10H,11-12H2,(H,17,18);. The van der Waals surface area contributed by atoms with Crippen molar-refractivity contribution >= 4 is 29.2 Å². The van der Waals surface area contributed by atoms with Crippen LogP contribution in [-0.4, -0.2) is 9.22 Å². The van der Waals surface area contributed by atoms with E-state index in [4.69, 9.17) is 12.2 Å². The maximum absolute atomic E-state index is 5.21. The van der Waals surface area contributed by atoms with Crippen molar-refractivity contribution in [3.63, 3.8) is 0 Å². The fraction of sp³-hybridized carbons (Fsp3) is 0.133. The van der Waals surface area contributed by atoms with Crippen molar-refractivity contribution in [1.29, 1.82) is 0 Å². The van der Waals surface area contributed by atoms with Crippen LogP contribution in [0, 0.1) is 0 Å². The fourth-order valence-corrected chi connectivity index (χ4v) is 2.07. The van der Waals surface area contributed by atoms with Crippen molar-refractivity contribution in [2.24, 2.45) is 0 Å². The predicted octanol–water partition coefficient (Wildman–Crippen LogP) is 3.90. The third-order valence-corrected chi connectivity index (χ3v) is 3.24. The maximum Gasteiger partial charge on any atom is 0.133 e. The molecule has 0 fully saturated rings. The van der Waals surface area contributed by atoms with Crippen LogP contribution in [0.5, 0.6) is 0 Å². The summed E-state index contributed by atoms with van der Waals surface area (Å²) in [6.07, 6.45) is 0. The first-order chi connectivity index (χ1) is 8.75. The molecule has 0 aliphatic heterocycles. The van der Waals surface area contributed by atoms with Crippen molar-refractivity contribution < 1.29 is 17.1 Å². The topological polar surface area (TPSA) is 3.24 Å². The average molecular weight is 337 g/mol. The molecule has 2 rings (SSSR count). The monoisotopic (exact) mass is 336 g/mol. The summed E-state index contributed by atoms with van der Waals surface area (Å²) in [7, 11) is 0. The zero-order chi connectivity index (χ0) is 12.8. The minimum absolute atomic E-state index is 0. The van der Waals surface area contributed by atoms with E-state index in [1.54, 1.807) is 0 Å².